The molecule has 5 heteroatoms. The predicted octanol–water partition coefficient (Wildman–Crippen LogP) is 2.89. The van der Waals surface area contributed by atoms with Gasteiger partial charge in [-0.05, 0) is 55.5 Å². The first kappa shape index (κ1) is 17.9. The van der Waals surface area contributed by atoms with Crippen molar-refractivity contribution in [2.45, 2.75) is 32.7 Å². The molecule has 1 aliphatic rings. The summed E-state index contributed by atoms with van der Waals surface area (Å²) < 4.78 is 12.8. The van der Waals surface area contributed by atoms with Gasteiger partial charge < -0.3 is 10.6 Å². The van der Waals surface area contributed by atoms with Crippen molar-refractivity contribution in [3.05, 3.63) is 35.6 Å². The lowest BCUT2D eigenvalue weighted by atomic mass is 9.84. The van der Waals surface area contributed by atoms with Crippen LogP contribution in [0.25, 0.3) is 0 Å². The fourth-order valence-corrected chi connectivity index (χ4v) is 2.75. The number of piperidine rings is 1. The summed E-state index contributed by atoms with van der Waals surface area (Å²) in [5, 5.41) is 6.25. The maximum atomic E-state index is 12.8. The van der Waals surface area contributed by atoms with Crippen LogP contribution in [-0.4, -0.2) is 19.0 Å². The van der Waals surface area contributed by atoms with Gasteiger partial charge in [-0.2, -0.15) is 0 Å². The van der Waals surface area contributed by atoms with Crippen molar-refractivity contribution in [2.24, 2.45) is 11.8 Å². The van der Waals surface area contributed by atoms with Crippen LogP contribution in [0, 0.1) is 17.7 Å². The second kappa shape index (κ2) is 9.00. The lowest BCUT2D eigenvalue weighted by Gasteiger charge is -2.27. The van der Waals surface area contributed by atoms with Crippen molar-refractivity contribution in [3.8, 4) is 0 Å². The third kappa shape index (κ3) is 6.02. The van der Waals surface area contributed by atoms with E-state index in [2.05, 4.69) is 17.6 Å². The number of carbonyl (C=O) groups is 1. The smallest absolute Gasteiger partial charge is 0.220 e. The molecule has 1 aromatic carbocycles. The van der Waals surface area contributed by atoms with Crippen LogP contribution < -0.4 is 10.6 Å². The molecule has 2 rings (SSSR count). The largest absolute Gasteiger partial charge is 0.352 e. The molecule has 1 heterocycles. The first-order chi connectivity index (χ1) is 9.65. The molecule has 1 amide bonds. The second-order valence-corrected chi connectivity index (χ2v) is 5.67. The molecule has 1 aliphatic heterocycles. The van der Waals surface area contributed by atoms with E-state index in [0.717, 1.165) is 31.5 Å². The van der Waals surface area contributed by atoms with E-state index in [1.54, 1.807) is 12.1 Å². The van der Waals surface area contributed by atoms with E-state index in [0.29, 0.717) is 24.8 Å². The SMILES string of the molecule is CC(CC(=O)NCc1ccc(F)cc1)C1CCNCC1.Cl. The van der Waals surface area contributed by atoms with Crippen LogP contribution >= 0.6 is 12.4 Å². The molecule has 21 heavy (non-hydrogen) atoms. The Hall–Kier alpha value is -1.13. The molecule has 1 aromatic rings. The minimum atomic E-state index is -0.250. The van der Waals surface area contributed by atoms with E-state index >= 15 is 0 Å². The van der Waals surface area contributed by atoms with E-state index in [1.165, 1.54) is 12.1 Å². The minimum Gasteiger partial charge on any atom is -0.352 e. The molecule has 0 spiro atoms. The summed E-state index contributed by atoms with van der Waals surface area (Å²) in [6.07, 6.45) is 2.89. The number of hydrogen-bond donors (Lipinski definition) is 2. The van der Waals surface area contributed by atoms with Gasteiger partial charge in [0.1, 0.15) is 5.82 Å². The van der Waals surface area contributed by atoms with Gasteiger partial charge in [-0.25, -0.2) is 4.39 Å². The average Bonchev–Trinajstić information content (AvgIpc) is 2.47. The Morgan fingerprint density at radius 2 is 1.95 bits per heavy atom. The fraction of sp³-hybridized carbons (Fsp3) is 0.562. The number of halogens is 2. The summed E-state index contributed by atoms with van der Waals surface area (Å²) >= 11 is 0. The zero-order valence-electron chi connectivity index (χ0n) is 12.4. The normalized spacial score (nSPS) is 16.9. The number of hydrogen-bond acceptors (Lipinski definition) is 2. The second-order valence-electron chi connectivity index (χ2n) is 5.67. The highest BCUT2D eigenvalue weighted by Gasteiger charge is 2.21. The Labute approximate surface area is 132 Å². The van der Waals surface area contributed by atoms with Gasteiger partial charge in [-0.15, -0.1) is 12.4 Å². The summed E-state index contributed by atoms with van der Waals surface area (Å²) in [6, 6.07) is 6.23. The summed E-state index contributed by atoms with van der Waals surface area (Å²) in [5.74, 6) is 0.901. The fourth-order valence-electron chi connectivity index (χ4n) is 2.75. The van der Waals surface area contributed by atoms with Crippen molar-refractivity contribution in [1.82, 2.24) is 10.6 Å². The molecule has 0 aliphatic carbocycles. The topological polar surface area (TPSA) is 41.1 Å². The van der Waals surface area contributed by atoms with Crippen LogP contribution in [0.3, 0.4) is 0 Å². The minimum absolute atomic E-state index is 0. The molecule has 0 aromatic heterocycles. The van der Waals surface area contributed by atoms with Gasteiger partial charge in [-0.1, -0.05) is 19.1 Å². The van der Waals surface area contributed by atoms with Crippen LogP contribution in [0.4, 0.5) is 4.39 Å². The molecule has 1 saturated heterocycles. The van der Waals surface area contributed by atoms with Crippen LogP contribution in [0.15, 0.2) is 24.3 Å². The molecule has 0 radical (unpaired) electrons. The van der Waals surface area contributed by atoms with Gasteiger partial charge >= 0.3 is 0 Å². The molecule has 0 saturated carbocycles. The lowest BCUT2D eigenvalue weighted by molar-refractivity contribution is -0.122. The Balaban J connectivity index is 0.00000220. The highest BCUT2D eigenvalue weighted by molar-refractivity contribution is 5.85. The van der Waals surface area contributed by atoms with Crippen LogP contribution in [0.1, 0.15) is 31.7 Å². The third-order valence-corrected chi connectivity index (χ3v) is 4.10. The number of carbonyl (C=O) groups excluding carboxylic acids is 1. The number of rotatable bonds is 5. The first-order valence-electron chi connectivity index (χ1n) is 7.37. The van der Waals surface area contributed by atoms with Crippen molar-refractivity contribution >= 4 is 18.3 Å². The molecule has 3 nitrogen and oxygen atoms in total. The average molecular weight is 315 g/mol. The number of amides is 1. The molecule has 2 N–H and O–H groups in total. The summed E-state index contributed by atoms with van der Waals surface area (Å²) in [6.45, 7) is 4.75. The summed E-state index contributed by atoms with van der Waals surface area (Å²) in [5.41, 5.74) is 0.925. The number of benzene rings is 1. The van der Waals surface area contributed by atoms with Gasteiger partial charge in [-0.3, -0.25) is 4.79 Å². The highest BCUT2D eigenvalue weighted by Crippen LogP contribution is 2.24. The standard InChI is InChI=1S/C16H23FN2O.ClH/c1-12(14-6-8-18-9-7-14)10-16(20)19-11-13-2-4-15(17)5-3-13;/h2-5,12,14,18H,6-11H2,1H3,(H,19,20);1H. The van der Waals surface area contributed by atoms with Gasteiger partial charge in [0.05, 0.1) is 0 Å². The predicted molar refractivity (Wildman–Crippen MR) is 84.9 cm³/mol. The van der Waals surface area contributed by atoms with Crippen molar-refractivity contribution < 1.29 is 9.18 Å². The van der Waals surface area contributed by atoms with Gasteiger partial charge in [0, 0.05) is 13.0 Å². The first-order valence-corrected chi connectivity index (χ1v) is 7.37. The Bertz CT molecular complexity index is 432. The zero-order valence-corrected chi connectivity index (χ0v) is 13.2. The van der Waals surface area contributed by atoms with E-state index in [-0.39, 0.29) is 24.1 Å². The van der Waals surface area contributed by atoms with Crippen LogP contribution in [-0.2, 0) is 11.3 Å². The lowest BCUT2D eigenvalue weighted by Crippen LogP contribution is -2.33. The highest BCUT2D eigenvalue weighted by atomic mass is 35.5. The zero-order chi connectivity index (χ0) is 14.4. The Kier molecular flexibility index (Phi) is 7.68. The maximum absolute atomic E-state index is 12.8. The van der Waals surface area contributed by atoms with Crippen LogP contribution in [0.5, 0.6) is 0 Å². The molecule has 0 bridgehead atoms. The molecular formula is C16H24ClFN2O. The maximum Gasteiger partial charge on any atom is 0.220 e. The van der Waals surface area contributed by atoms with Gasteiger partial charge in [0.15, 0.2) is 0 Å². The third-order valence-electron chi connectivity index (χ3n) is 4.10. The summed E-state index contributed by atoms with van der Waals surface area (Å²) in [7, 11) is 0. The molecule has 1 unspecified atom stereocenters. The van der Waals surface area contributed by atoms with Gasteiger partial charge in [0.25, 0.3) is 0 Å². The van der Waals surface area contributed by atoms with E-state index in [4.69, 9.17) is 0 Å². The van der Waals surface area contributed by atoms with E-state index in [1.807, 2.05) is 0 Å². The molecule has 1 atom stereocenters. The number of nitrogens with one attached hydrogen (secondary N) is 2. The van der Waals surface area contributed by atoms with Crippen molar-refractivity contribution in [1.29, 1.82) is 0 Å². The molecule has 1 fully saturated rings. The molecular weight excluding hydrogens is 291 g/mol. The Morgan fingerprint density at radius 1 is 1.33 bits per heavy atom. The van der Waals surface area contributed by atoms with Crippen molar-refractivity contribution in [2.75, 3.05) is 13.1 Å². The van der Waals surface area contributed by atoms with Crippen LogP contribution in [0.2, 0.25) is 0 Å². The van der Waals surface area contributed by atoms with E-state index in [9.17, 15) is 9.18 Å². The Morgan fingerprint density at radius 3 is 2.57 bits per heavy atom. The van der Waals surface area contributed by atoms with E-state index < -0.39 is 0 Å². The van der Waals surface area contributed by atoms with Gasteiger partial charge in [0.2, 0.25) is 5.91 Å². The van der Waals surface area contributed by atoms with Crippen molar-refractivity contribution in [3.63, 3.8) is 0 Å². The summed E-state index contributed by atoms with van der Waals surface area (Å²) in [4.78, 5) is 11.9. The molecule has 118 valence electrons. The quantitative estimate of drug-likeness (QED) is 0.877. The monoisotopic (exact) mass is 314 g/mol.